The van der Waals surface area contributed by atoms with Gasteiger partial charge in [0.2, 0.25) is 0 Å². The number of rotatable bonds is 1. The molecule has 1 aromatic carbocycles. The van der Waals surface area contributed by atoms with Crippen molar-refractivity contribution >= 4 is 33.4 Å². The van der Waals surface area contributed by atoms with E-state index < -0.39 is 30.7 Å². The van der Waals surface area contributed by atoms with Gasteiger partial charge in [0.05, 0.1) is 23.1 Å². The Morgan fingerprint density at radius 3 is 2.53 bits per heavy atom. The SMILES string of the molecule is O=C(c1cc(Cl)cc(F)c1Br)N1CC(F)(F)C1. The van der Waals surface area contributed by atoms with Crippen LogP contribution < -0.4 is 0 Å². The molecule has 1 amide bonds. The van der Waals surface area contributed by atoms with Crippen LogP contribution >= 0.6 is 27.5 Å². The van der Waals surface area contributed by atoms with Crippen molar-refractivity contribution in [3.8, 4) is 0 Å². The molecule has 0 radical (unpaired) electrons. The first-order valence-electron chi connectivity index (χ1n) is 4.62. The van der Waals surface area contributed by atoms with Crippen LogP contribution in [0.1, 0.15) is 10.4 Å². The van der Waals surface area contributed by atoms with Crippen LogP contribution in [0.25, 0.3) is 0 Å². The fourth-order valence-electron chi connectivity index (χ4n) is 1.54. The van der Waals surface area contributed by atoms with Gasteiger partial charge in [-0.3, -0.25) is 4.79 Å². The van der Waals surface area contributed by atoms with Crippen LogP contribution in [0.4, 0.5) is 13.2 Å². The largest absolute Gasteiger partial charge is 0.326 e. The lowest BCUT2D eigenvalue weighted by molar-refractivity contribution is -0.113. The molecule has 7 heteroatoms. The Labute approximate surface area is 108 Å². The van der Waals surface area contributed by atoms with Gasteiger partial charge < -0.3 is 4.90 Å². The molecule has 0 saturated carbocycles. The summed E-state index contributed by atoms with van der Waals surface area (Å²) in [7, 11) is 0. The summed E-state index contributed by atoms with van der Waals surface area (Å²) < 4.78 is 38.5. The highest BCUT2D eigenvalue weighted by Gasteiger charge is 2.46. The molecule has 1 heterocycles. The Morgan fingerprint density at radius 1 is 1.41 bits per heavy atom. The number of hydrogen-bond acceptors (Lipinski definition) is 1. The predicted octanol–water partition coefficient (Wildman–Crippen LogP) is 3.33. The fourth-order valence-corrected chi connectivity index (χ4v) is 2.14. The number of carbonyl (C=O) groups excluding carboxylic acids is 1. The summed E-state index contributed by atoms with van der Waals surface area (Å²) in [4.78, 5) is 12.7. The Balaban J connectivity index is 2.26. The lowest BCUT2D eigenvalue weighted by Crippen LogP contribution is -2.58. The summed E-state index contributed by atoms with van der Waals surface area (Å²) in [6.45, 7) is -1.29. The van der Waals surface area contributed by atoms with Crippen molar-refractivity contribution in [1.82, 2.24) is 4.90 Å². The third-order valence-electron chi connectivity index (χ3n) is 2.35. The van der Waals surface area contributed by atoms with E-state index in [1.54, 1.807) is 0 Å². The Bertz CT molecular complexity index is 487. The Hall–Kier alpha value is -0.750. The molecule has 17 heavy (non-hydrogen) atoms. The van der Waals surface area contributed by atoms with E-state index in [0.29, 0.717) is 0 Å². The van der Waals surface area contributed by atoms with Crippen molar-refractivity contribution in [3.05, 3.63) is 33.0 Å². The molecule has 1 aliphatic rings. The van der Waals surface area contributed by atoms with Gasteiger partial charge in [-0.05, 0) is 28.1 Å². The van der Waals surface area contributed by atoms with Crippen molar-refractivity contribution < 1.29 is 18.0 Å². The van der Waals surface area contributed by atoms with Crippen molar-refractivity contribution in [2.45, 2.75) is 5.92 Å². The Morgan fingerprint density at radius 2 is 2.00 bits per heavy atom. The summed E-state index contributed by atoms with van der Waals surface area (Å²) in [5.74, 6) is -4.21. The first-order valence-corrected chi connectivity index (χ1v) is 5.79. The summed E-state index contributed by atoms with van der Waals surface area (Å²) in [6.07, 6.45) is 0. The van der Waals surface area contributed by atoms with Gasteiger partial charge in [0.1, 0.15) is 5.82 Å². The van der Waals surface area contributed by atoms with Gasteiger partial charge in [-0.25, -0.2) is 13.2 Å². The molecule has 0 bridgehead atoms. The lowest BCUT2D eigenvalue weighted by Gasteiger charge is -2.38. The van der Waals surface area contributed by atoms with E-state index >= 15 is 0 Å². The van der Waals surface area contributed by atoms with E-state index in [9.17, 15) is 18.0 Å². The van der Waals surface area contributed by atoms with Gasteiger partial charge in [-0.2, -0.15) is 0 Å². The van der Waals surface area contributed by atoms with Gasteiger partial charge in [-0.1, -0.05) is 11.6 Å². The lowest BCUT2D eigenvalue weighted by atomic mass is 10.1. The number of halogens is 5. The highest BCUT2D eigenvalue weighted by molar-refractivity contribution is 9.10. The summed E-state index contributed by atoms with van der Waals surface area (Å²) in [5, 5.41) is 0.0429. The maximum Gasteiger partial charge on any atom is 0.282 e. The number of nitrogens with zero attached hydrogens (tertiary/aromatic N) is 1. The minimum atomic E-state index is -2.85. The molecule has 1 saturated heterocycles. The minimum Gasteiger partial charge on any atom is -0.326 e. The van der Waals surface area contributed by atoms with E-state index in [4.69, 9.17) is 11.6 Å². The second-order valence-electron chi connectivity index (χ2n) is 3.77. The molecule has 0 aliphatic carbocycles. The third kappa shape index (κ3) is 2.42. The third-order valence-corrected chi connectivity index (χ3v) is 3.38. The van der Waals surface area contributed by atoms with Gasteiger partial charge in [0, 0.05) is 5.02 Å². The molecule has 1 aromatic rings. The molecule has 0 aromatic heterocycles. The van der Waals surface area contributed by atoms with Crippen LogP contribution in [0.2, 0.25) is 5.02 Å². The average molecular weight is 329 g/mol. The topological polar surface area (TPSA) is 20.3 Å². The molecule has 0 atom stereocenters. The molecular weight excluding hydrogens is 322 g/mol. The number of likely N-dealkylation sites (tertiary alicyclic amines) is 1. The normalized spacial score (nSPS) is 17.8. The first-order chi connectivity index (χ1) is 7.80. The molecule has 0 unspecified atom stereocenters. The van der Waals surface area contributed by atoms with Crippen molar-refractivity contribution in [2.24, 2.45) is 0 Å². The highest BCUT2D eigenvalue weighted by Crippen LogP contribution is 2.31. The van der Waals surface area contributed by atoms with E-state index in [1.165, 1.54) is 6.07 Å². The monoisotopic (exact) mass is 327 g/mol. The van der Waals surface area contributed by atoms with Gasteiger partial charge in [0.25, 0.3) is 11.8 Å². The maximum absolute atomic E-state index is 13.3. The second-order valence-corrected chi connectivity index (χ2v) is 5.00. The zero-order valence-corrected chi connectivity index (χ0v) is 10.7. The van der Waals surface area contributed by atoms with E-state index in [-0.39, 0.29) is 15.1 Å². The maximum atomic E-state index is 13.3. The van der Waals surface area contributed by atoms with Crippen LogP contribution in [0.15, 0.2) is 16.6 Å². The summed E-state index contributed by atoms with van der Waals surface area (Å²) in [6, 6.07) is 2.28. The van der Waals surface area contributed by atoms with E-state index in [1.807, 2.05) is 0 Å². The average Bonchev–Trinajstić information content (AvgIpc) is 2.18. The molecule has 2 nitrogen and oxygen atoms in total. The number of hydrogen-bond donors (Lipinski definition) is 0. The predicted molar refractivity (Wildman–Crippen MR) is 60.0 cm³/mol. The molecule has 1 fully saturated rings. The molecule has 92 valence electrons. The van der Waals surface area contributed by atoms with Crippen LogP contribution in [-0.2, 0) is 0 Å². The first kappa shape index (κ1) is 12.7. The van der Waals surface area contributed by atoms with Gasteiger partial charge >= 0.3 is 0 Å². The van der Waals surface area contributed by atoms with Crippen LogP contribution in [0.3, 0.4) is 0 Å². The van der Waals surface area contributed by atoms with Crippen molar-refractivity contribution in [1.29, 1.82) is 0 Å². The van der Waals surface area contributed by atoms with Crippen LogP contribution in [0.5, 0.6) is 0 Å². The minimum absolute atomic E-state index is 0.0429. The molecule has 2 rings (SSSR count). The highest BCUT2D eigenvalue weighted by atomic mass is 79.9. The standard InChI is InChI=1S/C10H6BrClF3NO/c11-8-6(1-5(12)2-7(8)13)9(17)16-3-10(14,15)4-16/h1-2H,3-4H2. The molecular formula is C10H6BrClF3NO. The molecule has 0 N–H and O–H groups in total. The Kier molecular flexibility index (Phi) is 3.12. The number of alkyl halides is 2. The second kappa shape index (κ2) is 4.17. The number of amides is 1. The number of carbonyl (C=O) groups is 1. The van der Waals surface area contributed by atoms with Crippen LogP contribution in [-0.4, -0.2) is 29.8 Å². The van der Waals surface area contributed by atoms with Gasteiger partial charge in [0.15, 0.2) is 0 Å². The molecule has 0 spiro atoms. The quantitative estimate of drug-likeness (QED) is 0.724. The van der Waals surface area contributed by atoms with Gasteiger partial charge in [-0.15, -0.1) is 0 Å². The summed E-state index contributed by atoms with van der Waals surface area (Å²) in [5.41, 5.74) is -0.0505. The zero-order valence-electron chi connectivity index (χ0n) is 8.31. The molecule has 1 aliphatic heterocycles. The van der Waals surface area contributed by atoms with E-state index in [0.717, 1.165) is 11.0 Å². The summed E-state index contributed by atoms with van der Waals surface area (Å²) >= 11 is 8.50. The fraction of sp³-hybridized carbons (Fsp3) is 0.300. The zero-order chi connectivity index (χ0) is 12.8. The van der Waals surface area contributed by atoms with Crippen molar-refractivity contribution in [3.63, 3.8) is 0 Å². The van der Waals surface area contributed by atoms with Crippen LogP contribution in [0, 0.1) is 5.82 Å². The number of benzene rings is 1. The van der Waals surface area contributed by atoms with Crippen molar-refractivity contribution in [2.75, 3.05) is 13.1 Å². The smallest absolute Gasteiger partial charge is 0.282 e. The van der Waals surface area contributed by atoms with E-state index in [2.05, 4.69) is 15.9 Å².